The molecule has 0 unspecified atom stereocenters. The van der Waals surface area contributed by atoms with E-state index in [4.69, 9.17) is 40.7 Å². The minimum atomic E-state index is -0.233. The first-order chi connectivity index (χ1) is 20.6. The van der Waals surface area contributed by atoms with Crippen molar-refractivity contribution in [1.29, 1.82) is 5.26 Å². The van der Waals surface area contributed by atoms with E-state index in [2.05, 4.69) is 47.7 Å². The number of carbonyl (C=O) groups excluding carboxylic acids is 1. The average Bonchev–Trinajstić information content (AvgIpc) is 3.41. The van der Waals surface area contributed by atoms with Crippen molar-refractivity contribution in [3.8, 4) is 6.07 Å². The predicted octanol–water partition coefficient (Wildman–Crippen LogP) is 7.18. The number of imidazole rings is 1. The summed E-state index contributed by atoms with van der Waals surface area (Å²) in [7, 11) is 0. The molecule has 1 heterocycles. The normalized spacial score (nSPS) is 11.6. The Kier molecular flexibility index (Phi) is 11.2. The molecular formula is C33H34Cl2N6OS. The molecule has 4 aromatic rings. The van der Waals surface area contributed by atoms with Crippen LogP contribution in [0.3, 0.4) is 0 Å². The van der Waals surface area contributed by atoms with E-state index in [1.54, 1.807) is 30.7 Å². The fraction of sp³-hybridized carbons (Fsp3) is 0.273. The van der Waals surface area contributed by atoms with Crippen LogP contribution in [0.15, 0.2) is 79.3 Å². The highest BCUT2D eigenvalue weighted by Crippen LogP contribution is 2.27. The number of carbonyl (C=O) groups is 1. The molecule has 0 aliphatic carbocycles. The second-order valence-electron chi connectivity index (χ2n) is 10.8. The van der Waals surface area contributed by atoms with E-state index in [-0.39, 0.29) is 18.4 Å². The maximum absolute atomic E-state index is 13.1. The van der Waals surface area contributed by atoms with Crippen LogP contribution in [-0.2, 0) is 24.3 Å². The molecule has 7 nitrogen and oxygen atoms in total. The van der Waals surface area contributed by atoms with E-state index < -0.39 is 0 Å². The van der Waals surface area contributed by atoms with Gasteiger partial charge in [-0.1, -0.05) is 73.4 Å². The molecule has 4 rings (SSSR count). The second-order valence-corrected chi connectivity index (χ2v) is 11.9. The number of anilines is 1. The molecule has 10 heteroatoms. The van der Waals surface area contributed by atoms with Crippen molar-refractivity contribution in [2.24, 2.45) is 0 Å². The molecule has 0 fully saturated rings. The maximum Gasteiger partial charge on any atom is 0.226 e. The van der Waals surface area contributed by atoms with Gasteiger partial charge in [0.1, 0.15) is 0 Å². The zero-order valence-electron chi connectivity index (χ0n) is 24.3. The zero-order chi connectivity index (χ0) is 30.9. The number of nitriles is 1. The van der Waals surface area contributed by atoms with Crippen LogP contribution >= 0.6 is 35.4 Å². The van der Waals surface area contributed by atoms with Crippen LogP contribution < -0.4 is 10.6 Å². The van der Waals surface area contributed by atoms with Crippen LogP contribution in [0.5, 0.6) is 0 Å². The third kappa shape index (κ3) is 9.04. The number of benzene rings is 3. The topological polar surface area (TPSA) is 86.0 Å². The third-order valence-electron chi connectivity index (χ3n) is 6.99. The average molecular weight is 634 g/mol. The van der Waals surface area contributed by atoms with Crippen molar-refractivity contribution in [2.45, 2.75) is 52.2 Å². The quantitative estimate of drug-likeness (QED) is 0.170. The molecule has 0 radical (unpaired) electrons. The fourth-order valence-electron chi connectivity index (χ4n) is 4.64. The van der Waals surface area contributed by atoms with Crippen LogP contribution in [-0.4, -0.2) is 38.1 Å². The lowest BCUT2D eigenvalue weighted by molar-refractivity contribution is -0.121. The van der Waals surface area contributed by atoms with Gasteiger partial charge in [-0.15, -0.1) is 0 Å². The molecule has 43 heavy (non-hydrogen) atoms. The molecule has 0 saturated heterocycles. The summed E-state index contributed by atoms with van der Waals surface area (Å²) in [5, 5.41) is 16.9. The van der Waals surface area contributed by atoms with Gasteiger partial charge < -0.3 is 20.1 Å². The number of thiocarbonyl (C=S) groups is 1. The Morgan fingerprint density at radius 3 is 2.47 bits per heavy atom. The van der Waals surface area contributed by atoms with Gasteiger partial charge in [0.2, 0.25) is 5.91 Å². The Morgan fingerprint density at radius 2 is 1.79 bits per heavy atom. The lowest BCUT2D eigenvalue weighted by Gasteiger charge is -2.29. The summed E-state index contributed by atoms with van der Waals surface area (Å²) >= 11 is 18.6. The molecule has 2 N–H and O–H groups in total. The second kappa shape index (κ2) is 15.0. The van der Waals surface area contributed by atoms with Crippen LogP contribution in [0.4, 0.5) is 5.69 Å². The number of amides is 1. The minimum absolute atomic E-state index is 0.127. The van der Waals surface area contributed by atoms with E-state index >= 15 is 0 Å². The van der Waals surface area contributed by atoms with Gasteiger partial charge >= 0.3 is 0 Å². The summed E-state index contributed by atoms with van der Waals surface area (Å²) in [6.07, 6.45) is 3.58. The van der Waals surface area contributed by atoms with Gasteiger partial charge in [0.25, 0.3) is 0 Å². The Labute approximate surface area is 268 Å². The number of aromatic nitrogens is 2. The fourth-order valence-corrected chi connectivity index (χ4v) is 5.27. The molecule has 1 amide bonds. The number of hydrogen-bond donors (Lipinski definition) is 2. The van der Waals surface area contributed by atoms with Crippen molar-refractivity contribution in [3.05, 3.63) is 117 Å². The van der Waals surface area contributed by atoms with Crippen molar-refractivity contribution >= 4 is 52.1 Å². The van der Waals surface area contributed by atoms with Gasteiger partial charge in [0, 0.05) is 43.3 Å². The Bertz CT molecular complexity index is 1600. The molecule has 0 spiro atoms. The van der Waals surface area contributed by atoms with E-state index in [0.717, 1.165) is 22.5 Å². The first kappa shape index (κ1) is 32.0. The maximum atomic E-state index is 13.1. The number of nitrogens with zero attached hydrogens (tertiary/aromatic N) is 4. The largest absolute Gasteiger partial charge is 0.352 e. The zero-order valence-corrected chi connectivity index (χ0v) is 26.7. The molecule has 1 atom stereocenters. The van der Waals surface area contributed by atoms with Crippen LogP contribution in [0.25, 0.3) is 0 Å². The number of halogens is 2. The number of hydrogen-bond acceptors (Lipinski definition) is 4. The molecular weight excluding hydrogens is 599 g/mol. The van der Waals surface area contributed by atoms with Gasteiger partial charge in [-0.3, -0.25) is 4.79 Å². The summed E-state index contributed by atoms with van der Waals surface area (Å²) in [6.45, 7) is 7.65. The molecule has 1 aromatic heterocycles. The van der Waals surface area contributed by atoms with Crippen molar-refractivity contribution in [3.63, 3.8) is 0 Å². The monoisotopic (exact) mass is 632 g/mol. The minimum Gasteiger partial charge on any atom is -0.352 e. The summed E-state index contributed by atoms with van der Waals surface area (Å²) in [5.41, 5.74) is 5.37. The first-order valence-electron chi connectivity index (χ1n) is 14.0. The standard InChI is InChI=1S/C33H34Cl2N6OS/c1-22(2)26-11-13-28(14-12-26)39-33(43)40(20-27-5-4-6-30(34)32(27)35)18-23(3)38-31(42)15-29-17-37-21-41(29)19-25-9-7-24(16-36)8-10-25/h4-14,17,21-23H,15,18-20H2,1-3H3,(H,38,42)(H,39,43)/t23-/m0/s1. The molecule has 0 aliphatic heterocycles. The van der Waals surface area contributed by atoms with Gasteiger partial charge in [0.15, 0.2) is 5.11 Å². The van der Waals surface area contributed by atoms with E-state index in [1.807, 2.05) is 52.8 Å². The highest BCUT2D eigenvalue weighted by molar-refractivity contribution is 7.80. The molecule has 222 valence electrons. The summed E-state index contributed by atoms with van der Waals surface area (Å²) in [5.74, 6) is 0.305. The Hall–Kier alpha value is -3.90. The van der Waals surface area contributed by atoms with E-state index in [9.17, 15) is 4.79 Å². The van der Waals surface area contributed by atoms with Crippen LogP contribution in [0.2, 0.25) is 10.0 Å². The Balaban J connectivity index is 1.42. The van der Waals surface area contributed by atoms with Gasteiger partial charge in [-0.25, -0.2) is 4.98 Å². The summed E-state index contributed by atoms with van der Waals surface area (Å²) < 4.78 is 1.93. The summed E-state index contributed by atoms with van der Waals surface area (Å²) in [6, 6.07) is 23.0. The third-order valence-corrected chi connectivity index (χ3v) is 8.20. The molecule has 0 saturated carbocycles. The van der Waals surface area contributed by atoms with Crippen molar-refractivity contribution in [2.75, 3.05) is 11.9 Å². The lowest BCUT2D eigenvalue weighted by atomic mass is 10.0. The van der Waals surface area contributed by atoms with Crippen molar-refractivity contribution in [1.82, 2.24) is 19.8 Å². The van der Waals surface area contributed by atoms with Crippen molar-refractivity contribution < 1.29 is 4.79 Å². The van der Waals surface area contributed by atoms with E-state index in [0.29, 0.717) is 46.3 Å². The smallest absolute Gasteiger partial charge is 0.226 e. The molecule has 0 aliphatic rings. The van der Waals surface area contributed by atoms with Gasteiger partial charge in [0.05, 0.1) is 34.4 Å². The predicted molar refractivity (Wildman–Crippen MR) is 177 cm³/mol. The van der Waals surface area contributed by atoms with Gasteiger partial charge in [-0.2, -0.15) is 5.26 Å². The highest BCUT2D eigenvalue weighted by Gasteiger charge is 2.19. The first-order valence-corrected chi connectivity index (χ1v) is 15.2. The summed E-state index contributed by atoms with van der Waals surface area (Å²) in [4.78, 5) is 19.3. The highest BCUT2D eigenvalue weighted by atomic mass is 35.5. The SMILES string of the molecule is CC(C)c1ccc(NC(=S)N(Cc2cccc(Cl)c2Cl)C[C@H](C)NC(=O)Cc2cncn2Cc2ccc(C#N)cc2)cc1. The van der Waals surface area contributed by atoms with E-state index in [1.165, 1.54) is 5.56 Å². The molecule has 0 bridgehead atoms. The lowest BCUT2D eigenvalue weighted by Crippen LogP contribution is -2.45. The number of rotatable bonds is 11. The van der Waals surface area contributed by atoms with Crippen LogP contribution in [0.1, 0.15) is 54.6 Å². The van der Waals surface area contributed by atoms with Crippen LogP contribution in [0, 0.1) is 11.3 Å². The Morgan fingerprint density at radius 1 is 1.07 bits per heavy atom. The van der Waals surface area contributed by atoms with Gasteiger partial charge in [-0.05, 0) is 72.1 Å². The number of nitrogens with one attached hydrogen (secondary N) is 2. The molecule has 3 aromatic carbocycles.